The SMILES string of the molecule is O=C1OCCC1CSc1ccccc1. The normalized spacial score (nSPS) is 20.9. The van der Waals surface area contributed by atoms with Crippen LogP contribution in [0.2, 0.25) is 0 Å². The Morgan fingerprint density at radius 1 is 1.36 bits per heavy atom. The highest BCUT2D eigenvalue weighted by molar-refractivity contribution is 7.99. The summed E-state index contributed by atoms with van der Waals surface area (Å²) >= 11 is 1.72. The van der Waals surface area contributed by atoms with Crippen LogP contribution in [0.4, 0.5) is 0 Å². The third-order valence-corrected chi connectivity index (χ3v) is 3.41. The van der Waals surface area contributed by atoms with E-state index in [2.05, 4.69) is 12.1 Å². The molecule has 1 aliphatic rings. The van der Waals surface area contributed by atoms with Crippen molar-refractivity contribution >= 4 is 17.7 Å². The van der Waals surface area contributed by atoms with Gasteiger partial charge in [0.1, 0.15) is 0 Å². The van der Waals surface area contributed by atoms with Crippen LogP contribution < -0.4 is 0 Å². The topological polar surface area (TPSA) is 26.3 Å². The summed E-state index contributed by atoms with van der Waals surface area (Å²) in [6.45, 7) is 0.596. The molecular formula is C11H12O2S. The Balaban J connectivity index is 1.85. The number of carbonyl (C=O) groups is 1. The van der Waals surface area contributed by atoms with E-state index >= 15 is 0 Å². The lowest BCUT2D eigenvalue weighted by atomic mass is 10.1. The molecule has 0 N–H and O–H groups in total. The Bertz CT molecular complexity index is 310. The molecule has 2 rings (SSSR count). The quantitative estimate of drug-likeness (QED) is 0.563. The fraction of sp³-hybridized carbons (Fsp3) is 0.364. The average Bonchev–Trinajstić information content (AvgIpc) is 2.63. The third-order valence-electron chi connectivity index (χ3n) is 2.24. The summed E-state index contributed by atoms with van der Waals surface area (Å²) in [5.74, 6) is 0.900. The highest BCUT2D eigenvalue weighted by Gasteiger charge is 2.26. The number of thioether (sulfide) groups is 1. The second kappa shape index (κ2) is 4.51. The fourth-order valence-corrected chi connectivity index (χ4v) is 2.45. The molecular weight excluding hydrogens is 196 g/mol. The Labute approximate surface area is 87.6 Å². The molecule has 0 spiro atoms. The van der Waals surface area contributed by atoms with E-state index in [9.17, 15) is 4.79 Å². The number of carbonyl (C=O) groups excluding carboxylic acids is 1. The van der Waals surface area contributed by atoms with Crippen LogP contribution in [0, 0.1) is 5.92 Å². The second-order valence-electron chi connectivity index (χ2n) is 3.28. The Morgan fingerprint density at radius 2 is 2.14 bits per heavy atom. The van der Waals surface area contributed by atoms with Gasteiger partial charge in [-0.05, 0) is 18.6 Å². The third kappa shape index (κ3) is 2.29. The molecule has 0 aromatic heterocycles. The molecule has 1 aromatic carbocycles. The van der Waals surface area contributed by atoms with Crippen LogP contribution >= 0.6 is 11.8 Å². The Morgan fingerprint density at radius 3 is 2.79 bits per heavy atom. The van der Waals surface area contributed by atoms with Crippen molar-refractivity contribution in [2.75, 3.05) is 12.4 Å². The fourth-order valence-electron chi connectivity index (χ4n) is 1.40. The van der Waals surface area contributed by atoms with Crippen LogP contribution in [0.15, 0.2) is 35.2 Å². The van der Waals surface area contributed by atoms with Gasteiger partial charge in [-0.15, -0.1) is 11.8 Å². The molecule has 0 bridgehead atoms. The monoisotopic (exact) mass is 208 g/mol. The molecule has 0 saturated carbocycles. The van der Waals surface area contributed by atoms with E-state index in [4.69, 9.17) is 4.74 Å². The maximum absolute atomic E-state index is 11.2. The summed E-state index contributed by atoms with van der Waals surface area (Å²) in [6.07, 6.45) is 0.874. The molecule has 1 atom stereocenters. The van der Waals surface area contributed by atoms with Gasteiger partial charge < -0.3 is 4.74 Å². The van der Waals surface area contributed by atoms with Crippen molar-refractivity contribution in [2.24, 2.45) is 5.92 Å². The summed E-state index contributed by atoms with van der Waals surface area (Å²) in [5.41, 5.74) is 0. The molecule has 1 unspecified atom stereocenters. The van der Waals surface area contributed by atoms with Gasteiger partial charge in [0.15, 0.2) is 0 Å². The first-order chi connectivity index (χ1) is 6.86. The highest BCUT2D eigenvalue weighted by Crippen LogP contribution is 2.25. The molecule has 3 heteroatoms. The minimum absolute atomic E-state index is 0.0339. The second-order valence-corrected chi connectivity index (χ2v) is 4.37. The molecule has 14 heavy (non-hydrogen) atoms. The van der Waals surface area contributed by atoms with E-state index in [0.29, 0.717) is 6.61 Å². The smallest absolute Gasteiger partial charge is 0.309 e. The number of ether oxygens (including phenoxy) is 1. The number of hydrogen-bond donors (Lipinski definition) is 0. The molecule has 0 radical (unpaired) electrons. The largest absolute Gasteiger partial charge is 0.465 e. The van der Waals surface area contributed by atoms with Gasteiger partial charge in [-0.1, -0.05) is 18.2 Å². The van der Waals surface area contributed by atoms with Gasteiger partial charge >= 0.3 is 5.97 Å². The van der Waals surface area contributed by atoms with E-state index in [1.165, 1.54) is 4.90 Å². The van der Waals surface area contributed by atoms with E-state index in [1.54, 1.807) is 11.8 Å². The van der Waals surface area contributed by atoms with E-state index in [1.807, 2.05) is 18.2 Å². The first-order valence-corrected chi connectivity index (χ1v) is 5.69. The molecule has 0 amide bonds. The minimum atomic E-state index is -0.0339. The molecule has 1 saturated heterocycles. The molecule has 0 aliphatic carbocycles. The summed E-state index contributed by atoms with van der Waals surface area (Å²) < 4.78 is 4.90. The summed E-state index contributed by atoms with van der Waals surface area (Å²) in [5, 5.41) is 0. The maximum atomic E-state index is 11.2. The van der Waals surface area contributed by atoms with Crippen LogP contribution in [0.3, 0.4) is 0 Å². The Kier molecular flexibility index (Phi) is 3.09. The van der Waals surface area contributed by atoms with Gasteiger partial charge in [-0.2, -0.15) is 0 Å². The van der Waals surface area contributed by atoms with Crippen LogP contribution in [-0.4, -0.2) is 18.3 Å². The van der Waals surface area contributed by atoms with Crippen LogP contribution in [0.5, 0.6) is 0 Å². The van der Waals surface area contributed by atoms with E-state index in [-0.39, 0.29) is 11.9 Å². The molecule has 1 aliphatic heterocycles. The van der Waals surface area contributed by atoms with Crippen molar-refractivity contribution in [2.45, 2.75) is 11.3 Å². The first-order valence-electron chi connectivity index (χ1n) is 4.71. The van der Waals surface area contributed by atoms with Crippen molar-refractivity contribution in [1.29, 1.82) is 0 Å². The number of esters is 1. The molecule has 2 nitrogen and oxygen atoms in total. The number of rotatable bonds is 3. The molecule has 1 fully saturated rings. The Hall–Kier alpha value is -0.960. The number of hydrogen-bond acceptors (Lipinski definition) is 3. The number of cyclic esters (lactones) is 1. The van der Waals surface area contributed by atoms with Crippen LogP contribution in [-0.2, 0) is 9.53 Å². The maximum Gasteiger partial charge on any atom is 0.309 e. The van der Waals surface area contributed by atoms with Gasteiger partial charge in [0.05, 0.1) is 12.5 Å². The van der Waals surface area contributed by atoms with Gasteiger partial charge in [0, 0.05) is 10.6 Å². The highest BCUT2D eigenvalue weighted by atomic mass is 32.2. The zero-order valence-corrected chi connectivity index (χ0v) is 8.63. The summed E-state index contributed by atoms with van der Waals surface area (Å²) in [4.78, 5) is 12.4. The van der Waals surface area contributed by atoms with E-state index < -0.39 is 0 Å². The van der Waals surface area contributed by atoms with Crippen molar-refractivity contribution in [3.8, 4) is 0 Å². The van der Waals surface area contributed by atoms with Gasteiger partial charge in [0.25, 0.3) is 0 Å². The van der Waals surface area contributed by atoms with Gasteiger partial charge in [-0.3, -0.25) is 4.79 Å². The predicted octanol–water partition coefficient (Wildman–Crippen LogP) is 2.34. The lowest BCUT2D eigenvalue weighted by Crippen LogP contribution is -2.09. The summed E-state index contributed by atoms with van der Waals surface area (Å²) in [7, 11) is 0. The number of benzene rings is 1. The lowest BCUT2D eigenvalue weighted by Gasteiger charge is -2.04. The van der Waals surface area contributed by atoms with Gasteiger partial charge in [-0.25, -0.2) is 0 Å². The molecule has 1 aromatic rings. The molecule has 1 heterocycles. The zero-order chi connectivity index (χ0) is 9.80. The van der Waals surface area contributed by atoms with Crippen LogP contribution in [0.1, 0.15) is 6.42 Å². The van der Waals surface area contributed by atoms with Crippen molar-refractivity contribution in [3.63, 3.8) is 0 Å². The standard InChI is InChI=1S/C11H12O2S/c12-11-9(6-7-13-11)8-14-10-4-2-1-3-5-10/h1-5,9H,6-8H2. The van der Waals surface area contributed by atoms with Crippen LogP contribution in [0.25, 0.3) is 0 Å². The van der Waals surface area contributed by atoms with Crippen molar-refractivity contribution in [1.82, 2.24) is 0 Å². The molecule has 74 valence electrons. The first kappa shape index (κ1) is 9.59. The lowest BCUT2D eigenvalue weighted by molar-refractivity contribution is -0.140. The average molecular weight is 208 g/mol. The van der Waals surface area contributed by atoms with Crippen molar-refractivity contribution in [3.05, 3.63) is 30.3 Å². The van der Waals surface area contributed by atoms with Crippen molar-refractivity contribution < 1.29 is 9.53 Å². The minimum Gasteiger partial charge on any atom is -0.465 e. The van der Waals surface area contributed by atoms with Gasteiger partial charge in [0.2, 0.25) is 0 Å². The predicted molar refractivity (Wildman–Crippen MR) is 56.2 cm³/mol. The zero-order valence-electron chi connectivity index (χ0n) is 7.81. The summed E-state index contributed by atoms with van der Waals surface area (Å²) in [6, 6.07) is 10.1. The van der Waals surface area contributed by atoms with E-state index in [0.717, 1.165) is 12.2 Å².